The molecule has 0 aliphatic carbocycles. The average molecular weight is 272 g/mol. The van der Waals surface area contributed by atoms with Crippen molar-refractivity contribution in [2.75, 3.05) is 5.32 Å². The summed E-state index contributed by atoms with van der Waals surface area (Å²) < 4.78 is 2.01. The van der Waals surface area contributed by atoms with Gasteiger partial charge in [0.15, 0.2) is 0 Å². The van der Waals surface area contributed by atoms with Crippen molar-refractivity contribution < 1.29 is 0 Å². The molecule has 1 atom stereocenters. The largest absolute Gasteiger partial charge is 0.360 e. The average Bonchev–Trinajstić information content (AvgIpc) is 2.79. The van der Waals surface area contributed by atoms with E-state index in [1.807, 2.05) is 24.6 Å². The first-order chi connectivity index (χ1) is 9.65. The number of rotatable bonds is 3. The van der Waals surface area contributed by atoms with Gasteiger partial charge in [-0.1, -0.05) is 6.92 Å². The maximum atomic E-state index is 4.54. The van der Waals surface area contributed by atoms with Crippen LogP contribution in [0.2, 0.25) is 0 Å². The molecule has 1 aliphatic heterocycles. The van der Waals surface area contributed by atoms with Crippen LogP contribution in [0.25, 0.3) is 0 Å². The monoisotopic (exact) mass is 272 g/mol. The van der Waals surface area contributed by atoms with Crippen molar-refractivity contribution in [2.24, 2.45) is 0 Å². The molecule has 0 radical (unpaired) electrons. The van der Waals surface area contributed by atoms with Gasteiger partial charge in [-0.25, -0.2) is 19.6 Å². The Labute approximate surface area is 118 Å². The minimum absolute atomic E-state index is 0.184. The first kappa shape index (κ1) is 13.0. The van der Waals surface area contributed by atoms with Crippen molar-refractivity contribution in [3.05, 3.63) is 29.2 Å². The molecule has 1 aliphatic rings. The van der Waals surface area contributed by atoms with Gasteiger partial charge < -0.3 is 5.32 Å². The second kappa shape index (κ2) is 5.19. The van der Waals surface area contributed by atoms with Gasteiger partial charge in [-0.05, 0) is 33.1 Å². The van der Waals surface area contributed by atoms with Crippen molar-refractivity contribution in [1.82, 2.24) is 24.7 Å². The fraction of sp³-hybridized carbons (Fsp3) is 0.571. The summed E-state index contributed by atoms with van der Waals surface area (Å²) in [6.07, 6.45) is 3.08. The van der Waals surface area contributed by atoms with Crippen LogP contribution in [0.3, 0.4) is 0 Å². The van der Waals surface area contributed by atoms with Crippen molar-refractivity contribution in [3.63, 3.8) is 0 Å². The highest BCUT2D eigenvalue weighted by Gasteiger charge is 2.23. The summed E-state index contributed by atoms with van der Waals surface area (Å²) in [6, 6.07) is 2.21. The standard InChI is InChI=1S/C14H20N6/c1-4-11-8-13(16-9(2)15-11)18-12-6-5-7-20-14(12)17-10(3)19-20/h8,12H,4-7H2,1-3H3,(H,15,16,18). The van der Waals surface area contributed by atoms with Crippen molar-refractivity contribution in [2.45, 2.75) is 52.6 Å². The molecule has 106 valence electrons. The molecule has 0 spiro atoms. The van der Waals surface area contributed by atoms with Gasteiger partial charge in [0, 0.05) is 18.3 Å². The van der Waals surface area contributed by atoms with E-state index in [1.165, 1.54) is 0 Å². The quantitative estimate of drug-likeness (QED) is 0.927. The zero-order valence-electron chi connectivity index (χ0n) is 12.2. The molecule has 0 aromatic carbocycles. The van der Waals surface area contributed by atoms with E-state index in [4.69, 9.17) is 0 Å². The number of aromatic nitrogens is 5. The third-order valence-electron chi connectivity index (χ3n) is 3.56. The maximum absolute atomic E-state index is 4.54. The summed E-state index contributed by atoms with van der Waals surface area (Å²) in [5.74, 6) is 3.54. The van der Waals surface area contributed by atoms with Crippen molar-refractivity contribution in [1.29, 1.82) is 0 Å². The first-order valence-electron chi connectivity index (χ1n) is 7.18. The molecule has 0 fully saturated rings. The number of anilines is 1. The Hall–Kier alpha value is -1.98. The van der Waals surface area contributed by atoms with Crippen LogP contribution >= 0.6 is 0 Å². The molecule has 2 aromatic heterocycles. The SMILES string of the molecule is CCc1cc(NC2CCCn3nc(C)nc32)nc(C)n1. The van der Waals surface area contributed by atoms with E-state index in [9.17, 15) is 0 Å². The van der Waals surface area contributed by atoms with Gasteiger partial charge in [0.05, 0.1) is 6.04 Å². The smallest absolute Gasteiger partial charge is 0.149 e. The second-order valence-electron chi connectivity index (χ2n) is 5.22. The molecule has 3 rings (SSSR count). The number of nitrogens with zero attached hydrogens (tertiary/aromatic N) is 5. The van der Waals surface area contributed by atoms with Crippen LogP contribution in [0.4, 0.5) is 5.82 Å². The Bertz CT molecular complexity index is 618. The van der Waals surface area contributed by atoms with E-state index < -0.39 is 0 Å². The van der Waals surface area contributed by atoms with Gasteiger partial charge in [0.1, 0.15) is 23.3 Å². The maximum Gasteiger partial charge on any atom is 0.149 e. The summed E-state index contributed by atoms with van der Waals surface area (Å²) >= 11 is 0. The highest BCUT2D eigenvalue weighted by molar-refractivity contribution is 5.38. The molecule has 6 heteroatoms. The lowest BCUT2D eigenvalue weighted by Crippen LogP contribution is -2.23. The molecule has 0 saturated carbocycles. The molecular weight excluding hydrogens is 252 g/mol. The lowest BCUT2D eigenvalue weighted by Gasteiger charge is -2.23. The van der Waals surface area contributed by atoms with Gasteiger partial charge in [-0.15, -0.1) is 0 Å². The molecule has 3 heterocycles. The minimum atomic E-state index is 0.184. The molecule has 2 aromatic rings. The fourth-order valence-corrected chi connectivity index (χ4v) is 2.67. The molecule has 0 amide bonds. The third-order valence-corrected chi connectivity index (χ3v) is 3.56. The van der Waals surface area contributed by atoms with Crippen LogP contribution in [-0.2, 0) is 13.0 Å². The molecule has 1 unspecified atom stereocenters. The van der Waals surface area contributed by atoms with E-state index in [-0.39, 0.29) is 6.04 Å². The molecular formula is C14H20N6. The number of hydrogen-bond acceptors (Lipinski definition) is 5. The zero-order chi connectivity index (χ0) is 14.1. The second-order valence-corrected chi connectivity index (χ2v) is 5.22. The predicted molar refractivity (Wildman–Crippen MR) is 76.5 cm³/mol. The van der Waals surface area contributed by atoms with Gasteiger partial charge >= 0.3 is 0 Å². The topological polar surface area (TPSA) is 68.5 Å². The van der Waals surface area contributed by atoms with E-state index in [2.05, 4.69) is 32.3 Å². The Balaban J connectivity index is 1.87. The van der Waals surface area contributed by atoms with Gasteiger partial charge in [-0.3, -0.25) is 0 Å². The van der Waals surface area contributed by atoms with E-state index in [0.717, 1.165) is 54.8 Å². The summed E-state index contributed by atoms with van der Waals surface area (Å²) in [7, 11) is 0. The molecule has 0 saturated heterocycles. The summed E-state index contributed by atoms with van der Waals surface area (Å²) in [6.45, 7) is 6.92. The number of nitrogens with one attached hydrogen (secondary N) is 1. The molecule has 6 nitrogen and oxygen atoms in total. The van der Waals surface area contributed by atoms with Crippen LogP contribution in [0.15, 0.2) is 6.07 Å². The Morgan fingerprint density at radius 2 is 2.10 bits per heavy atom. The molecule has 0 bridgehead atoms. The number of aryl methyl sites for hydroxylation is 4. The highest BCUT2D eigenvalue weighted by atomic mass is 15.4. The van der Waals surface area contributed by atoms with Crippen LogP contribution in [0.5, 0.6) is 0 Å². The lowest BCUT2D eigenvalue weighted by molar-refractivity contribution is 0.436. The van der Waals surface area contributed by atoms with Crippen LogP contribution in [0, 0.1) is 13.8 Å². The molecule has 1 N–H and O–H groups in total. The fourth-order valence-electron chi connectivity index (χ4n) is 2.67. The van der Waals surface area contributed by atoms with Gasteiger partial charge in [0.2, 0.25) is 0 Å². The predicted octanol–water partition coefficient (Wildman–Crippen LogP) is 2.19. The van der Waals surface area contributed by atoms with E-state index in [0.29, 0.717) is 0 Å². The van der Waals surface area contributed by atoms with E-state index >= 15 is 0 Å². The summed E-state index contributed by atoms with van der Waals surface area (Å²) in [4.78, 5) is 13.4. The Kier molecular flexibility index (Phi) is 3.38. The number of hydrogen-bond donors (Lipinski definition) is 1. The Morgan fingerprint density at radius 1 is 1.25 bits per heavy atom. The first-order valence-corrected chi connectivity index (χ1v) is 7.18. The van der Waals surface area contributed by atoms with Crippen LogP contribution in [0.1, 0.15) is 49.0 Å². The third kappa shape index (κ3) is 2.50. The van der Waals surface area contributed by atoms with Crippen molar-refractivity contribution >= 4 is 5.82 Å². The lowest BCUT2D eigenvalue weighted by atomic mass is 10.1. The Morgan fingerprint density at radius 3 is 2.90 bits per heavy atom. The van der Waals surface area contributed by atoms with Crippen molar-refractivity contribution in [3.8, 4) is 0 Å². The summed E-state index contributed by atoms with van der Waals surface area (Å²) in [5, 5.41) is 7.92. The van der Waals surface area contributed by atoms with Gasteiger partial charge in [0.25, 0.3) is 0 Å². The minimum Gasteiger partial charge on any atom is -0.360 e. The van der Waals surface area contributed by atoms with E-state index in [1.54, 1.807) is 0 Å². The van der Waals surface area contributed by atoms with Crippen LogP contribution < -0.4 is 5.32 Å². The highest BCUT2D eigenvalue weighted by Crippen LogP contribution is 2.26. The normalized spacial score (nSPS) is 17.9. The van der Waals surface area contributed by atoms with Gasteiger partial charge in [-0.2, -0.15) is 5.10 Å². The zero-order valence-corrected chi connectivity index (χ0v) is 12.2. The number of fused-ring (bicyclic) bond motifs is 1. The van der Waals surface area contributed by atoms with Crippen LogP contribution in [-0.4, -0.2) is 24.7 Å². The summed E-state index contributed by atoms with van der Waals surface area (Å²) in [5.41, 5.74) is 1.06. The molecule has 20 heavy (non-hydrogen) atoms.